The second-order valence-corrected chi connectivity index (χ2v) is 7.53. The summed E-state index contributed by atoms with van der Waals surface area (Å²) >= 11 is 5.51. The number of aromatic amines is 1. The summed E-state index contributed by atoms with van der Waals surface area (Å²) in [6.07, 6.45) is -3.57. The van der Waals surface area contributed by atoms with E-state index in [9.17, 15) is 26.4 Å². The summed E-state index contributed by atoms with van der Waals surface area (Å²) in [6, 6.07) is 7.43. The highest BCUT2D eigenvalue weighted by molar-refractivity contribution is 7.91. The third-order valence-corrected chi connectivity index (χ3v) is 5.63. The zero-order valence-corrected chi connectivity index (χ0v) is 14.2. The summed E-state index contributed by atoms with van der Waals surface area (Å²) in [6.45, 7) is 0. The summed E-state index contributed by atoms with van der Waals surface area (Å²) < 4.78 is 65.2. The predicted molar refractivity (Wildman–Crippen MR) is 86.1 cm³/mol. The highest BCUT2D eigenvalue weighted by atomic mass is 35.5. The first kappa shape index (κ1) is 18.2. The average molecular weight is 404 g/mol. The van der Waals surface area contributed by atoms with E-state index in [1.165, 1.54) is 30.6 Å². The molecule has 0 unspecified atom stereocenters. The molecule has 2 aromatic carbocycles. The van der Waals surface area contributed by atoms with Crippen LogP contribution in [0.3, 0.4) is 0 Å². The van der Waals surface area contributed by atoms with Crippen LogP contribution in [0.25, 0.3) is 5.69 Å². The lowest BCUT2D eigenvalue weighted by Crippen LogP contribution is -2.14. The fraction of sp³-hybridized carbons (Fsp3) is 0.0667. The van der Waals surface area contributed by atoms with Crippen molar-refractivity contribution in [1.82, 2.24) is 14.8 Å². The van der Waals surface area contributed by atoms with Gasteiger partial charge in [-0.15, -0.1) is 0 Å². The third kappa shape index (κ3) is 3.25. The van der Waals surface area contributed by atoms with Crippen LogP contribution >= 0.6 is 11.6 Å². The zero-order chi connectivity index (χ0) is 19.1. The van der Waals surface area contributed by atoms with Crippen molar-refractivity contribution in [3.05, 3.63) is 69.9 Å². The maximum absolute atomic E-state index is 12.9. The van der Waals surface area contributed by atoms with Crippen LogP contribution in [-0.4, -0.2) is 23.2 Å². The van der Waals surface area contributed by atoms with Crippen molar-refractivity contribution in [2.45, 2.75) is 16.0 Å². The van der Waals surface area contributed by atoms with Crippen LogP contribution in [-0.2, 0) is 16.0 Å². The van der Waals surface area contributed by atoms with E-state index in [0.717, 1.165) is 16.7 Å². The van der Waals surface area contributed by atoms with Crippen molar-refractivity contribution in [1.29, 1.82) is 0 Å². The Hall–Kier alpha value is -2.59. The molecule has 26 heavy (non-hydrogen) atoms. The van der Waals surface area contributed by atoms with Crippen LogP contribution in [0.5, 0.6) is 0 Å². The third-order valence-electron chi connectivity index (χ3n) is 3.53. The van der Waals surface area contributed by atoms with Gasteiger partial charge in [0.15, 0.2) is 0 Å². The summed E-state index contributed by atoms with van der Waals surface area (Å²) in [5, 5.41) is 5.14. The molecule has 0 radical (unpaired) electrons. The van der Waals surface area contributed by atoms with Crippen molar-refractivity contribution >= 4 is 21.4 Å². The molecule has 0 aliphatic carbocycles. The van der Waals surface area contributed by atoms with Gasteiger partial charge in [0.25, 0.3) is 0 Å². The summed E-state index contributed by atoms with van der Waals surface area (Å²) in [7, 11) is -4.20. The van der Waals surface area contributed by atoms with Crippen LogP contribution < -0.4 is 5.69 Å². The molecule has 0 saturated carbocycles. The number of halogens is 4. The largest absolute Gasteiger partial charge is 0.417 e. The van der Waals surface area contributed by atoms with E-state index in [1.54, 1.807) is 0 Å². The van der Waals surface area contributed by atoms with Crippen LogP contribution in [0.4, 0.5) is 13.2 Å². The molecule has 11 heteroatoms. The first-order valence-electron chi connectivity index (χ1n) is 6.95. The molecule has 3 aromatic rings. The summed E-state index contributed by atoms with van der Waals surface area (Å²) in [5.74, 6) is 0. The van der Waals surface area contributed by atoms with Crippen LogP contribution in [0.15, 0.2) is 63.4 Å². The Labute approximate surface area is 149 Å². The van der Waals surface area contributed by atoms with E-state index >= 15 is 0 Å². The highest BCUT2D eigenvalue weighted by Crippen LogP contribution is 2.36. The molecular formula is C15H9ClF3N3O3S. The molecular weight excluding hydrogens is 395 g/mol. The first-order valence-corrected chi connectivity index (χ1v) is 8.81. The number of aromatic nitrogens is 3. The minimum absolute atomic E-state index is 0.228. The fourth-order valence-corrected chi connectivity index (χ4v) is 3.75. The Morgan fingerprint density at radius 2 is 1.65 bits per heavy atom. The quantitative estimate of drug-likeness (QED) is 0.728. The SMILES string of the molecule is O=c1[nH]ncn1-c1ccc(S(=O)(=O)c2ccc(Cl)c(C(F)(F)F)c2)cc1. The molecule has 0 atom stereocenters. The molecule has 0 fully saturated rings. The molecule has 0 amide bonds. The second kappa shape index (κ2) is 6.29. The molecule has 3 rings (SSSR count). The summed E-state index contributed by atoms with van der Waals surface area (Å²) in [4.78, 5) is 10.7. The van der Waals surface area contributed by atoms with Crippen LogP contribution in [0.2, 0.25) is 5.02 Å². The van der Waals surface area contributed by atoms with E-state index < -0.39 is 37.2 Å². The number of benzene rings is 2. The van der Waals surface area contributed by atoms with E-state index in [4.69, 9.17) is 11.6 Å². The molecule has 0 aliphatic heterocycles. The van der Waals surface area contributed by atoms with Gasteiger partial charge in [-0.3, -0.25) is 0 Å². The van der Waals surface area contributed by atoms with E-state index in [-0.39, 0.29) is 4.90 Å². The number of hydrogen-bond donors (Lipinski definition) is 1. The lowest BCUT2D eigenvalue weighted by atomic mass is 10.2. The minimum atomic E-state index is -4.78. The van der Waals surface area contributed by atoms with Gasteiger partial charge in [-0.1, -0.05) is 11.6 Å². The topological polar surface area (TPSA) is 84.8 Å². The van der Waals surface area contributed by atoms with Gasteiger partial charge in [-0.05, 0) is 42.5 Å². The average Bonchev–Trinajstić information content (AvgIpc) is 3.00. The van der Waals surface area contributed by atoms with Crippen molar-refractivity contribution < 1.29 is 21.6 Å². The summed E-state index contributed by atoms with van der Waals surface area (Å²) in [5.41, 5.74) is -1.41. The van der Waals surface area contributed by atoms with Crippen LogP contribution in [0.1, 0.15) is 5.56 Å². The second-order valence-electron chi connectivity index (χ2n) is 5.17. The van der Waals surface area contributed by atoms with E-state index in [0.29, 0.717) is 11.8 Å². The number of rotatable bonds is 3. The minimum Gasteiger partial charge on any atom is -0.250 e. The zero-order valence-electron chi connectivity index (χ0n) is 12.7. The highest BCUT2D eigenvalue weighted by Gasteiger charge is 2.34. The first-order chi connectivity index (χ1) is 12.1. The Morgan fingerprint density at radius 3 is 2.19 bits per heavy atom. The van der Waals surface area contributed by atoms with Crippen molar-refractivity contribution in [3.8, 4) is 5.69 Å². The Morgan fingerprint density at radius 1 is 1.04 bits per heavy atom. The van der Waals surface area contributed by atoms with E-state index in [2.05, 4.69) is 10.2 Å². The molecule has 1 aromatic heterocycles. The lowest BCUT2D eigenvalue weighted by molar-refractivity contribution is -0.137. The van der Waals surface area contributed by atoms with Crippen molar-refractivity contribution in [2.24, 2.45) is 0 Å². The molecule has 1 N–H and O–H groups in total. The maximum atomic E-state index is 12.9. The predicted octanol–water partition coefficient (Wildman–Crippen LogP) is 3.07. The number of alkyl halides is 3. The van der Waals surface area contributed by atoms with Gasteiger partial charge in [0.05, 0.1) is 26.1 Å². The number of hydrogen-bond acceptors (Lipinski definition) is 4. The van der Waals surface area contributed by atoms with Crippen molar-refractivity contribution in [2.75, 3.05) is 0 Å². The van der Waals surface area contributed by atoms with Gasteiger partial charge in [0, 0.05) is 0 Å². The van der Waals surface area contributed by atoms with Gasteiger partial charge in [0.1, 0.15) is 6.33 Å². The Bertz CT molecular complexity index is 1120. The lowest BCUT2D eigenvalue weighted by Gasteiger charge is -2.11. The maximum Gasteiger partial charge on any atom is 0.417 e. The number of nitrogens with zero attached hydrogens (tertiary/aromatic N) is 2. The smallest absolute Gasteiger partial charge is 0.250 e. The number of nitrogens with one attached hydrogen (secondary N) is 1. The molecule has 0 bridgehead atoms. The Kier molecular flexibility index (Phi) is 4.41. The molecule has 0 aliphatic rings. The molecule has 1 heterocycles. The van der Waals surface area contributed by atoms with E-state index in [1.807, 2.05) is 0 Å². The van der Waals surface area contributed by atoms with Gasteiger partial charge in [-0.2, -0.15) is 18.3 Å². The molecule has 0 spiro atoms. The normalized spacial score (nSPS) is 12.3. The van der Waals surface area contributed by atoms with Crippen molar-refractivity contribution in [3.63, 3.8) is 0 Å². The van der Waals surface area contributed by atoms with Gasteiger partial charge in [0.2, 0.25) is 9.84 Å². The molecule has 136 valence electrons. The van der Waals surface area contributed by atoms with Gasteiger partial charge < -0.3 is 0 Å². The van der Waals surface area contributed by atoms with Gasteiger partial charge >= 0.3 is 11.9 Å². The van der Waals surface area contributed by atoms with Crippen LogP contribution in [0, 0.1) is 0 Å². The molecule has 0 saturated heterocycles. The standard InChI is InChI=1S/C15H9ClF3N3O3S/c16-13-6-5-11(7-12(13)15(17,18)19)26(24,25)10-3-1-9(2-4-10)22-8-20-21-14(22)23/h1-8H,(H,21,23). The Balaban J connectivity index is 2.04. The number of sulfone groups is 1. The number of H-pyrrole nitrogens is 1. The fourth-order valence-electron chi connectivity index (χ4n) is 2.24. The molecule has 6 nitrogen and oxygen atoms in total. The van der Waals surface area contributed by atoms with Gasteiger partial charge in [-0.25, -0.2) is 22.9 Å². The monoisotopic (exact) mass is 403 g/mol.